The van der Waals surface area contributed by atoms with Crippen LogP contribution in [-0.2, 0) is 0 Å². The van der Waals surface area contributed by atoms with Gasteiger partial charge in [-0.2, -0.15) is 0 Å². The van der Waals surface area contributed by atoms with E-state index in [0.717, 1.165) is 0 Å². The van der Waals surface area contributed by atoms with Gasteiger partial charge in [0.05, 0.1) is 6.17 Å². The first-order valence-electron chi connectivity index (χ1n) is 3.09. The van der Waals surface area contributed by atoms with Crippen molar-refractivity contribution in [2.24, 2.45) is 0 Å². The molecule has 0 aliphatic carbocycles. The Morgan fingerprint density at radius 1 is 1.62 bits per heavy atom. The molecule has 2 rings (SSSR count). The predicted octanol–water partition coefficient (Wildman–Crippen LogP) is -0.922. The third-order valence-corrected chi connectivity index (χ3v) is 1.71. The van der Waals surface area contributed by atoms with Gasteiger partial charge in [0.2, 0.25) is 0 Å². The molecule has 0 aromatic carbocycles. The topological polar surface area (TPSA) is 28.2 Å². The number of nitrogens with one attached hydrogen (secondary N) is 1. The van der Waals surface area contributed by atoms with Gasteiger partial charge in [-0.3, -0.25) is 5.32 Å². The van der Waals surface area contributed by atoms with Crippen molar-refractivity contribution >= 4 is 0 Å². The Kier molecular flexibility index (Phi) is 0.848. The quantitative estimate of drug-likeness (QED) is 0.469. The second-order valence-corrected chi connectivity index (χ2v) is 2.45. The summed E-state index contributed by atoms with van der Waals surface area (Å²) < 4.78 is 0. The molecule has 3 nitrogen and oxygen atoms in total. The lowest BCUT2D eigenvalue weighted by Gasteiger charge is -2.13. The van der Waals surface area contributed by atoms with Crippen molar-refractivity contribution in [1.82, 2.24) is 15.3 Å². The summed E-state index contributed by atoms with van der Waals surface area (Å²) in [5.41, 5.74) is 0. The van der Waals surface area contributed by atoms with Crippen LogP contribution < -0.4 is 5.32 Å². The van der Waals surface area contributed by atoms with Crippen LogP contribution in [0, 0.1) is 0 Å². The van der Waals surface area contributed by atoms with E-state index in [2.05, 4.69) is 22.4 Å². The summed E-state index contributed by atoms with van der Waals surface area (Å²) in [4.78, 5) is 0. The van der Waals surface area contributed by atoms with E-state index < -0.39 is 0 Å². The summed E-state index contributed by atoms with van der Waals surface area (Å²) in [5, 5.41) is 7.84. The first-order valence-corrected chi connectivity index (χ1v) is 3.09. The zero-order valence-corrected chi connectivity index (χ0v) is 5.09. The minimum Gasteiger partial charge on any atom is -0.297 e. The Bertz CT molecular complexity index is 83.8. The van der Waals surface area contributed by atoms with Crippen LogP contribution in [-0.4, -0.2) is 42.9 Å². The average Bonchev–Trinajstić information content (AvgIpc) is 2.63. The fourth-order valence-corrected chi connectivity index (χ4v) is 0.874. The Morgan fingerprint density at radius 2 is 2.25 bits per heavy atom. The van der Waals surface area contributed by atoms with Crippen molar-refractivity contribution in [3.63, 3.8) is 0 Å². The summed E-state index contributed by atoms with van der Waals surface area (Å²) in [6.45, 7) is 3.69. The highest BCUT2D eigenvalue weighted by molar-refractivity contribution is 4.84. The number of hydrogen-bond donors (Lipinski definition) is 1. The van der Waals surface area contributed by atoms with E-state index >= 15 is 0 Å². The van der Waals surface area contributed by atoms with E-state index in [-0.39, 0.29) is 0 Å². The van der Waals surface area contributed by atoms with E-state index in [1.807, 2.05) is 0 Å². The van der Waals surface area contributed by atoms with Gasteiger partial charge in [-0.1, -0.05) is 0 Å². The molecule has 0 aromatic rings. The largest absolute Gasteiger partial charge is 0.297 e. The summed E-state index contributed by atoms with van der Waals surface area (Å²) in [5.74, 6) is 0. The highest BCUT2D eigenvalue weighted by Gasteiger charge is 2.33. The molecule has 0 spiro atoms. The number of likely N-dealkylation sites (N-methyl/N-ethyl adjacent to an activating group) is 1. The van der Waals surface area contributed by atoms with E-state index in [4.69, 9.17) is 0 Å². The van der Waals surface area contributed by atoms with Crippen LogP contribution in [0.3, 0.4) is 0 Å². The van der Waals surface area contributed by atoms with Crippen LogP contribution in [0.1, 0.15) is 0 Å². The van der Waals surface area contributed by atoms with Gasteiger partial charge in [0.25, 0.3) is 0 Å². The molecule has 0 bridgehead atoms. The summed E-state index contributed by atoms with van der Waals surface area (Å²) >= 11 is 0. The van der Waals surface area contributed by atoms with Crippen molar-refractivity contribution < 1.29 is 0 Å². The number of nitrogens with zero attached hydrogens (tertiary/aromatic N) is 2. The van der Waals surface area contributed by atoms with Gasteiger partial charge in [0.15, 0.2) is 0 Å². The second kappa shape index (κ2) is 1.43. The maximum atomic E-state index is 3.24. The Labute approximate surface area is 49.2 Å². The van der Waals surface area contributed by atoms with Crippen LogP contribution in [0.15, 0.2) is 0 Å². The molecule has 0 amide bonds. The van der Waals surface area contributed by atoms with Crippen LogP contribution in [0.2, 0.25) is 0 Å². The highest BCUT2D eigenvalue weighted by atomic mass is 15.7. The van der Waals surface area contributed by atoms with Gasteiger partial charge >= 0.3 is 0 Å². The predicted molar refractivity (Wildman–Crippen MR) is 31.1 cm³/mol. The zero-order chi connectivity index (χ0) is 5.56. The molecule has 0 aromatic heterocycles. The molecule has 2 aliphatic heterocycles. The van der Waals surface area contributed by atoms with Crippen LogP contribution >= 0.6 is 0 Å². The molecule has 46 valence electrons. The van der Waals surface area contributed by atoms with Crippen molar-refractivity contribution in [2.75, 3.05) is 26.7 Å². The minimum atomic E-state index is 0.664. The summed E-state index contributed by atoms with van der Waals surface area (Å²) in [6, 6.07) is 0. The van der Waals surface area contributed by atoms with Crippen molar-refractivity contribution in [1.29, 1.82) is 0 Å². The smallest absolute Gasteiger partial charge is 0.0859 e. The molecule has 2 heterocycles. The molecule has 2 aliphatic rings. The fourth-order valence-electron chi connectivity index (χ4n) is 0.874. The lowest BCUT2D eigenvalue weighted by molar-refractivity contribution is 0.114. The van der Waals surface area contributed by atoms with Gasteiger partial charge in [-0.25, -0.2) is 10.0 Å². The number of hydrogen-bond acceptors (Lipinski definition) is 3. The van der Waals surface area contributed by atoms with Gasteiger partial charge < -0.3 is 0 Å². The normalized spacial score (nSPS) is 36.0. The standard InChI is InChI=1S/C5H11N3/c1-7(5-4-6-5)8-2-3-8/h5-6H,2-4H2,1H3. The Hall–Kier alpha value is -0.120. The fraction of sp³-hybridized carbons (Fsp3) is 1.00. The third-order valence-electron chi connectivity index (χ3n) is 1.71. The van der Waals surface area contributed by atoms with Gasteiger partial charge in [-0.15, -0.1) is 0 Å². The van der Waals surface area contributed by atoms with E-state index in [1.54, 1.807) is 0 Å². The SMILES string of the molecule is CN(C1CN1)N1CC1. The first kappa shape index (κ1) is 4.73. The average molecular weight is 113 g/mol. The molecule has 1 unspecified atom stereocenters. The monoisotopic (exact) mass is 113 g/mol. The van der Waals surface area contributed by atoms with Crippen molar-refractivity contribution in [2.45, 2.75) is 6.17 Å². The molecule has 0 saturated carbocycles. The molecule has 2 saturated heterocycles. The van der Waals surface area contributed by atoms with E-state index in [1.165, 1.54) is 19.6 Å². The Balaban J connectivity index is 1.84. The number of rotatable bonds is 2. The lowest BCUT2D eigenvalue weighted by atomic mass is 10.7. The molecule has 1 atom stereocenters. The highest BCUT2D eigenvalue weighted by Crippen LogP contribution is 2.13. The molecule has 1 N–H and O–H groups in total. The van der Waals surface area contributed by atoms with Crippen LogP contribution in [0.4, 0.5) is 0 Å². The lowest BCUT2D eigenvalue weighted by Crippen LogP contribution is -2.29. The van der Waals surface area contributed by atoms with Crippen molar-refractivity contribution in [3.05, 3.63) is 0 Å². The molecular formula is C5H11N3. The van der Waals surface area contributed by atoms with E-state index in [9.17, 15) is 0 Å². The zero-order valence-electron chi connectivity index (χ0n) is 5.09. The molecule has 8 heavy (non-hydrogen) atoms. The van der Waals surface area contributed by atoms with Gasteiger partial charge in [0.1, 0.15) is 0 Å². The molecule has 0 radical (unpaired) electrons. The third kappa shape index (κ3) is 0.727. The van der Waals surface area contributed by atoms with Gasteiger partial charge in [0, 0.05) is 26.7 Å². The maximum Gasteiger partial charge on any atom is 0.0859 e. The summed E-state index contributed by atoms with van der Waals surface area (Å²) in [6.07, 6.45) is 0.664. The minimum absolute atomic E-state index is 0.664. The van der Waals surface area contributed by atoms with Crippen LogP contribution in [0.5, 0.6) is 0 Å². The van der Waals surface area contributed by atoms with E-state index in [0.29, 0.717) is 6.17 Å². The molecule has 3 heteroatoms. The second-order valence-electron chi connectivity index (χ2n) is 2.45. The first-order chi connectivity index (χ1) is 3.88. The van der Waals surface area contributed by atoms with Crippen LogP contribution in [0.25, 0.3) is 0 Å². The number of hydrazine groups is 1. The van der Waals surface area contributed by atoms with Gasteiger partial charge in [-0.05, 0) is 0 Å². The maximum absolute atomic E-state index is 3.24. The Morgan fingerprint density at radius 3 is 2.62 bits per heavy atom. The molecular weight excluding hydrogens is 102 g/mol. The summed E-state index contributed by atoms with van der Waals surface area (Å²) in [7, 11) is 2.14. The molecule has 2 fully saturated rings. The van der Waals surface area contributed by atoms with Crippen molar-refractivity contribution in [3.8, 4) is 0 Å².